The molecule has 31 heavy (non-hydrogen) atoms. The Labute approximate surface area is 183 Å². The Kier molecular flexibility index (Phi) is 3.49. The fourth-order valence-corrected chi connectivity index (χ4v) is 6.95. The summed E-state index contributed by atoms with van der Waals surface area (Å²) in [6.45, 7) is 0.252. The van der Waals surface area contributed by atoms with Crippen LogP contribution in [0.3, 0.4) is 0 Å². The lowest BCUT2D eigenvalue weighted by Crippen LogP contribution is -2.25. The highest BCUT2D eigenvalue weighted by Gasteiger charge is 2.66. The van der Waals surface area contributed by atoms with Gasteiger partial charge in [-0.05, 0) is 62.3 Å². The number of aliphatic hydroxyl groups is 1. The second kappa shape index (κ2) is 6.18. The molecule has 1 saturated carbocycles. The highest BCUT2D eigenvalue weighted by atomic mass is 16.3. The van der Waals surface area contributed by atoms with E-state index in [0.29, 0.717) is 17.8 Å². The molecule has 0 bridgehead atoms. The van der Waals surface area contributed by atoms with Gasteiger partial charge >= 0.3 is 0 Å². The van der Waals surface area contributed by atoms with Gasteiger partial charge in [-0.15, -0.1) is 0 Å². The van der Waals surface area contributed by atoms with E-state index < -0.39 is 0 Å². The number of rotatable bonds is 3. The van der Waals surface area contributed by atoms with E-state index >= 15 is 0 Å². The summed E-state index contributed by atoms with van der Waals surface area (Å²) >= 11 is 0. The fraction of sp³-hybridized carbons (Fsp3) is 0.200. The van der Waals surface area contributed by atoms with E-state index in [-0.39, 0.29) is 12.0 Å². The average Bonchev–Trinajstić information content (AvgIpc) is 3.30. The molecule has 1 atom stereocenters. The highest BCUT2D eigenvalue weighted by molar-refractivity contribution is 5.83. The second-order valence-corrected chi connectivity index (χ2v) is 9.41. The zero-order valence-corrected chi connectivity index (χ0v) is 17.3. The molecule has 0 unspecified atom stereocenters. The lowest BCUT2D eigenvalue weighted by atomic mass is 9.68. The lowest BCUT2D eigenvalue weighted by molar-refractivity contribution is 0.232. The molecule has 4 aromatic rings. The molecule has 3 aliphatic rings. The Hall–Kier alpha value is -3.16. The van der Waals surface area contributed by atoms with Gasteiger partial charge < -0.3 is 5.11 Å². The normalized spacial score (nSPS) is 20.1. The van der Waals surface area contributed by atoms with E-state index in [4.69, 9.17) is 0 Å². The van der Waals surface area contributed by atoms with Crippen molar-refractivity contribution in [1.82, 2.24) is 0 Å². The maximum absolute atomic E-state index is 10.5. The van der Waals surface area contributed by atoms with Crippen LogP contribution in [0, 0.1) is 11.3 Å². The molecule has 4 aromatic carbocycles. The van der Waals surface area contributed by atoms with Gasteiger partial charge in [-0.25, -0.2) is 0 Å². The number of hydrogen-bond donors (Lipinski definition) is 1. The van der Waals surface area contributed by atoms with E-state index in [1.54, 1.807) is 0 Å². The maximum Gasteiger partial charge on any atom is 0.0465 e. The first-order valence-corrected chi connectivity index (χ1v) is 11.3. The molecule has 0 radical (unpaired) electrons. The molecule has 0 spiro atoms. The summed E-state index contributed by atoms with van der Waals surface area (Å²) in [4.78, 5) is 0. The summed E-state index contributed by atoms with van der Waals surface area (Å²) in [6, 6.07) is 35.7. The molecule has 150 valence electrons. The highest BCUT2D eigenvalue weighted by Crippen LogP contribution is 2.75. The smallest absolute Gasteiger partial charge is 0.0465 e. The largest absolute Gasteiger partial charge is 0.396 e. The molecular weight excluding hydrogens is 376 g/mol. The van der Waals surface area contributed by atoms with Crippen molar-refractivity contribution in [3.63, 3.8) is 0 Å². The average molecular weight is 401 g/mol. The number of aliphatic hydroxyl groups excluding tert-OH is 1. The van der Waals surface area contributed by atoms with E-state index in [0.717, 1.165) is 6.42 Å². The predicted octanol–water partition coefficient (Wildman–Crippen LogP) is 6.61. The molecule has 0 saturated heterocycles. The monoisotopic (exact) mass is 400 g/mol. The first-order valence-electron chi connectivity index (χ1n) is 11.3. The van der Waals surface area contributed by atoms with Crippen molar-refractivity contribution in [2.75, 3.05) is 6.61 Å². The molecule has 0 heterocycles. The van der Waals surface area contributed by atoms with Gasteiger partial charge in [-0.1, -0.05) is 97.1 Å². The van der Waals surface area contributed by atoms with Crippen LogP contribution in [0.1, 0.15) is 40.5 Å². The van der Waals surface area contributed by atoms with Gasteiger partial charge in [-0.2, -0.15) is 0 Å². The van der Waals surface area contributed by atoms with Crippen molar-refractivity contribution >= 4 is 0 Å². The molecule has 3 aliphatic carbocycles. The maximum atomic E-state index is 10.5. The Morgan fingerprint density at radius 2 is 0.871 bits per heavy atom. The van der Waals surface area contributed by atoms with Crippen molar-refractivity contribution in [2.45, 2.75) is 18.3 Å². The van der Waals surface area contributed by atoms with Crippen LogP contribution in [0.4, 0.5) is 0 Å². The summed E-state index contributed by atoms with van der Waals surface area (Å²) in [7, 11) is 0. The van der Waals surface area contributed by atoms with Gasteiger partial charge in [0, 0.05) is 18.4 Å². The van der Waals surface area contributed by atoms with Crippen LogP contribution in [0.5, 0.6) is 0 Å². The van der Waals surface area contributed by atoms with Gasteiger partial charge in [0.1, 0.15) is 0 Å². The van der Waals surface area contributed by atoms with Crippen LogP contribution in [-0.4, -0.2) is 11.7 Å². The van der Waals surface area contributed by atoms with Crippen LogP contribution in [0.25, 0.3) is 22.3 Å². The number of hydrogen-bond acceptors (Lipinski definition) is 1. The standard InChI is InChI=1S/C30H24O/c31-18-19-17-30(19,28-24-13-5-1-9-20(24)21-10-2-6-14-25(21)28)29-26-15-7-3-11-22(26)23-12-4-8-16-27(23)29/h1-16,19,28-29,31H,17-18H2/t19-/m0/s1. The first kappa shape index (κ1) is 17.5. The zero-order chi connectivity index (χ0) is 20.6. The van der Waals surface area contributed by atoms with Crippen molar-refractivity contribution in [2.24, 2.45) is 11.3 Å². The van der Waals surface area contributed by atoms with Gasteiger partial charge in [-0.3, -0.25) is 0 Å². The molecule has 0 aromatic heterocycles. The fourth-order valence-electron chi connectivity index (χ4n) is 6.95. The van der Waals surface area contributed by atoms with Gasteiger partial charge in [0.2, 0.25) is 0 Å². The summed E-state index contributed by atoms with van der Waals surface area (Å²) < 4.78 is 0. The van der Waals surface area contributed by atoms with Crippen molar-refractivity contribution < 1.29 is 5.11 Å². The molecular formula is C30H24O. The Balaban J connectivity index is 1.52. The minimum Gasteiger partial charge on any atom is -0.396 e. The van der Waals surface area contributed by atoms with Crippen molar-refractivity contribution in [3.8, 4) is 22.3 Å². The topological polar surface area (TPSA) is 20.2 Å². The third-order valence-corrected chi connectivity index (χ3v) is 8.16. The van der Waals surface area contributed by atoms with Crippen molar-refractivity contribution in [1.29, 1.82) is 0 Å². The minimum atomic E-state index is 0.000162. The van der Waals surface area contributed by atoms with Gasteiger partial charge in [0.25, 0.3) is 0 Å². The molecule has 1 heteroatoms. The van der Waals surface area contributed by atoms with Crippen LogP contribution in [-0.2, 0) is 0 Å². The van der Waals surface area contributed by atoms with Gasteiger partial charge in [0.05, 0.1) is 0 Å². The predicted molar refractivity (Wildman–Crippen MR) is 125 cm³/mol. The van der Waals surface area contributed by atoms with E-state index in [1.807, 2.05) is 0 Å². The van der Waals surface area contributed by atoms with Crippen LogP contribution in [0.15, 0.2) is 97.1 Å². The molecule has 0 aliphatic heterocycles. The molecule has 0 amide bonds. The second-order valence-electron chi connectivity index (χ2n) is 9.41. The van der Waals surface area contributed by atoms with Gasteiger partial charge in [0.15, 0.2) is 0 Å². The van der Waals surface area contributed by atoms with Crippen molar-refractivity contribution in [3.05, 3.63) is 119 Å². The first-order chi connectivity index (χ1) is 15.3. The lowest BCUT2D eigenvalue weighted by Gasteiger charge is -2.34. The summed E-state index contributed by atoms with van der Waals surface area (Å²) in [6.07, 6.45) is 1.06. The van der Waals surface area contributed by atoms with E-state index in [9.17, 15) is 5.11 Å². The Morgan fingerprint density at radius 1 is 0.548 bits per heavy atom. The third-order valence-electron chi connectivity index (χ3n) is 8.16. The molecule has 1 N–H and O–H groups in total. The third kappa shape index (κ3) is 2.15. The van der Waals surface area contributed by atoms with Crippen LogP contribution >= 0.6 is 0 Å². The SMILES string of the molecule is OC[C@@H]1CC1(C1c2ccccc2-c2ccccc21)C1c2ccccc2-c2ccccc21. The minimum absolute atomic E-state index is 0.000162. The Bertz CT molecular complexity index is 1150. The molecule has 1 fully saturated rings. The molecule has 1 nitrogen and oxygen atoms in total. The van der Waals surface area contributed by atoms with Crippen LogP contribution in [0.2, 0.25) is 0 Å². The molecule has 7 rings (SSSR count). The zero-order valence-electron chi connectivity index (χ0n) is 17.3. The quantitative estimate of drug-likeness (QED) is 0.410. The number of benzene rings is 4. The summed E-state index contributed by atoms with van der Waals surface area (Å²) in [5, 5.41) is 10.5. The Morgan fingerprint density at radius 3 is 1.16 bits per heavy atom. The van der Waals surface area contributed by atoms with Crippen LogP contribution < -0.4 is 0 Å². The summed E-state index contributed by atoms with van der Waals surface area (Å²) in [5.41, 5.74) is 11.2. The number of fused-ring (bicyclic) bond motifs is 6. The van der Waals surface area contributed by atoms with E-state index in [1.165, 1.54) is 44.5 Å². The summed E-state index contributed by atoms with van der Waals surface area (Å²) in [5.74, 6) is 0.920. The van der Waals surface area contributed by atoms with E-state index in [2.05, 4.69) is 97.1 Å².